The van der Waals surface area contributed by atoms with Crippen molar-refractivity contribution < 1.29 is 14.1 Å². The maximum absolute atomic E-state index is 13.3. The first-order chi connectivity index (χ1) is 9.88. The van der Waals surface area contributed by atoms with Gasteiger partial charge < -0.3 is 14.9 Å². The van der Waals surface area contributed by atoms with Gasteiger partial charge in [-0.05, 0) is 62.9 Å². The van der Waals surface area contributed by atoms with E-state index in [-0.39, 0.29) is 17.4 Å². The van der Waals surface area contributed by atoms with Crippen molar-refractivity contribution in [3.63, 3.8) is 0 Å². The van der Waals surface area contributed by atoms with Gasteiger partial charge in [0.2, 0.25) is 5.75 Å². The van der Waals surface area contributed by atoms with Crippen molar-refractivity contribution in [3.05, 3.63) is 62.0 Å². The van der Waals surface area contributed by atoms with Crippen molar-refractivity contribution in [2.45, 2.75) is 20.0 Å². The summed E-state index contributed by atoms with van der Waals surface area (Å²) in [6.45, 7) is 3.52. The number of halogens is 2. The van der Waals surface area contributed by atoms with Crippen LogP contribution in [0.25, 0.3) is 0 Å². The topological polar surface area (TPSA) is 65.3 Å². The third-order valence-corrected chi connectivity index (χ3v) is 3.39. The molecular formula is C14H12BrFN2O3. The second-order valence-corrected chi connectivity index (χ2v) is 5.41. The summed E-state index contributed by atoms with van der Waals surface area (Å²) in [6.07, 6.45) is 0.777. The summed E-state index contributed by atoms with van der Waals surface area (Å²) >= 11 is 3.19. The van der Waals surface area contributed by atoms with Gasteiger partial charge in [0.15, 0.2) is 6.20 Å². The van der Waals surface area contributed by atoms with E-state index < -0.39 is 11.0 Å². The summed E-state index contributed by atoms with van der Waals surface area (Å²) in [4.78, 5) is 14.1. The van der Waals surface area contributed by atoms with Crippen molar-refractivity contribution in [3.8, 4) is 5.75 Å². The molecule has 2 rings (SSSR count). The van der Waals surface area contributed by atoms with Crippen LogP contribution in [-0.2, 0) is 0 Å². The first-order valence-corrected chi connectivity index (χ1v) is 6.90. The molecule has 0 bridgehead atoms. The van der Waals surface area contributed by atoms with Gasteiger partial charge in [-0.2, -0.15) is 0 Å². The minimum atomic E-state index is -0.618. The number of ether oxygens (including phenoxy) is 1. The maximum Gasteiger partial charge on any atom is 0.406 e. The van der Waals surface area contributed by atoms with Gasteiger partial charge in [0, 0.05) is 6.07 Å². The normalized spacial score (nSPS) is 12.0. The average molecular weight is 355 g/mol. The van der Waals surface area contributed by atoms with E-state index >= 15 is 0 Å². The lowest BCUT2D eigenvalue weighted by molar-refractivity contribution is -0.390. The monoisotopic (exact) mass is 354 g/mol. The van der Waals surface area contributed by atoms with Crippen LogP contribution >= 0.6 is 15.9 Å². The first kappa shape index (κ1) is 15.4. The van der Waals surface area contributed by atoms with Crippen LogP contribution in [0.4, 0.5) is 10.2 Å². The van der Waals surface area contributed by atoms with Crippen LogP contribution in [0.2, 0.25) is 0 Å². The van der Waals surface area contributed by atoms with Crippen LogP contribution < -0.4 is 4.74 Å². The van der Waals surface area contributed by atoms with Crippen molar-refractivity contribution in [1.82, 2.24) is 4.98 Å². The lowest BCUT2D eigenvalue weighted by Crippen LogP contribution is -2.07. The predicted molar refractivity (Wildman–Crippen MR) is 78.8 cm³/mol. The molecule has 0 aliphatic heterocycles. The molecule has 0 radical (unpaired) electrons. The summed E-state index contributed by atoms with van der Waals surface area (Å²) in [6, 6.07) is 5.82. The van der Waals surface area contributed by atoms with Gasteiger partial charge in [0.1, 0.15) is 11.9 Å². The minimum absolute atomic E-state index is 0.0329. The van der Waals surface area contributed by atoms with Crippen LogP contribution in [0.3, 0.4) is 0 Å². The van der Waals surface area contributed by atoms with E-state index in [0.29, 0.717) is 10.0 Å². The molecule has 1 atom stereocenters. The molecule has 0 spiro atoms. The number of hydrogen-bond donors (Lipinski definition) is 0. The Morgan fingerprint density at radius 2 is 2.14 bits per heavy atom. The van der Waals surface area contributed by atoms with Crippen LogP contribution in [0.5, 0.6) is 5.75 Å². The van der Waals surface area contributed by atoms with Crippen LogP contribution in [-0.4, -0.2) is 9.91 Å². The third-order valence-electron chi connectivity index (χ3n) is 2.96. The number of hydrogen-bond acceptors (Lipinski definition) is 4. The fourth-order valence-corrected chi connectivity index (χ4v) is 2.25. The number of nitrogens with zero attached hydrogens (tertiary/aromatic N) is 2. The van der Waals surface area contributed by atoms with Crippen LogP contribution in [0, 0.1) is 22.9 Å². The average Bonchev–Trinajstić information content (AvgIpc) is 2.41. The Morgan fingerprint density at radius 1 is 1.43 bits per heavy atom. The van der Waals surface area contributed by atoms with Gasteiger partial charge in [-0.25, -0.2) is 4.39 Å². The molecule has 1 aromatic carbocycles. The largest absolute Gasteiger partial charge is 0.478 e. The van der Waals surface area contributed by atoms with Crippen molar-refractivity contribution in [2.75, 3.05) is 0 Å². The standard InChI is InChI=1S/C14H12BrFN2O3/c1-8-3-4-11(16)6-12(8)9(2)21-13-5-10(15)7-17-14(13)18(19)20/h3-7,9H,1-2H3. The smallest absolute Gasteiger partial charge is 0.406 e. The van der Waals surface area contributed by atoms with Gasteiger partial charge in [-0.1, -0.05) is 6.07 Å². The molecule has 1 unspecified atom stereocenters. The summed E-state index contributed by atoms with van der Waals surface area (Å²) in [7, 11) is 0. The fourth-order valence-electron chi connectivity index (χ4n) is 1.94. The summed E-state index contributed by atoms with van der Waals surface area (Å²) in [5.41, 5.74) is 1.47. The van der Waals surface area contributed by atoms with Gasteiger partial charge in [0.25, 0.3) is 0 Å². The first-order valence-electron chi connectivity index (χ1n) is 6.11. The molecule has 0 amide bonds. The highest BCUT2D eigenvalue weighted by atomic mass is 79.9. The van der Waals surface area contributed by atoms with E-state index in [2.05, 4.69) is 20.9 Å². The Bertz CT molecular complexity index is 694. The molecule has 2 aromatic rings. The lowest BCUT2D eigenvalue weighted by atomic mass is 10.0. The van der Waals surface area contributed by atoms with E-state index in [1.807, 2.05) is 6.92 Å². The van der Waals surface area contributed by atoms with E-state index in [1.165, 1.54) is 24.4 Å². The molecule has 5 nitrogen and oxygen atoms in total. The molecule has 7 heteroatoms. The summed E-state index contributed by atoms with van der Waals surface area (Å²) in [5.74, 6) is -0.724. The number of rotatable bonds is 4. The molecule has 0 fully saturated rings. The second-order valence-electron chi connectivity index (χ2n) is 4.49. The molecule has 0 aliphatic rings. The number of pyridine rings is 1. The maximum atomic E-state index is 13.3. The van der Waals surface area contributed by atoms with Crippen molar-refractivity contribution in [1.29, 1.82) is 0 Å². The Labute approximate surface area is 129 Å². The fraction of sp³-hybridized carbons (Fsp3) is 0.214. The molecule has 1 aromatic heterocycles. The third kappa shape index (κ3) is 3.55. The molecular weight excluding hydrogens is 343 g/mol. The van der Waals surface area contributed by atoms with Gasteiger partial charge in [-0.15, -0.1) is 0 Å². The number of aryl methyl sites for hydroxylation is 1. The number of nitro groups is 1. The van der Waals surface area contributed by atoms with Crippen molar-refractivity contribution in [2.24, 2.45) is 0 Å². The van der Waals surface area contributed by atoms with Crippen molar-refractivity contribution >= 4 is 21.7 Å². The Morgan fingerprint density at radius 3 is 2.81 bits per heavy atom. The highest BCUT2D eigenvalue weighted by Crippen LogP contribution is 2.32. The van der Waals surface area contributed by atoms with Crippen LogP contribution in [0.1, 0.15) is 24.2 Å². The zero-order chi connectivity index (χ0) is 15.6. The lowest BCUT2D eigenvalue weighted by Gasteiger charge is -2.17. The van der Waals surface area contributed by atoms with E-state index in [1.54, 1.807) is 13.0 Å². The second kappa shape index (κ2) is 6.17. The van der Waals surface area contributed by atoms with E-state index in [0.717, 1.165) is 5.56 Å². The molecule has 0 N–H and O–H groups in total. The molecule has 110 valence electrons. The van der Waals surface area contributed by atoms with Gasteiger partial charge in [0.05, 0.1) is 4.47 Å². The predicted octanol–water partition coefficient (Wildman–Crippen LogP) is 4.34. The quantitative estimate of drug-likeness (QED) is 0.605. The molecule has 0 saturated carbocycles. The Hall–Kier alpha value is -2.02. The highest BCUT2D eigenvalue weighted by Gasteiger charge is 2.21. The molecule has 0 aliphatic carbocycles. The van der Waals surface area contributed by atoms with E-state index in [9.17, 15) is 14.5 Å². The Balaban J connectivity index is 2.35. The molecule has 0 saturated heterocycles. The molecule has 21 heavy (non-hydrogen) atoms. The number of aromatic nitrogens is 1. The number of benzene rings is 1. The Kier molecular flexibility index (Phi) is 4.52. The van der Waals surface area contributed by atoms with Crippen LogP contribution in [0.15, 0.2) is 34.9 Å². The van der Waals surface area contributed by atoms with E-state index in [4.69, 9.17) is 4.74 Å². The minimum Gasteiger partial charge on any atom is -0.478 e. The van der Waals surface area contributed by atoms with Gasteiger partial charge >= 0.3 is 5.82 Å². The summed E-state index contributed by atoms with van der Waals surface area (Å²) < 4.78 is 19.5. The van der Waals surface area contributed by atoms with Gasteiger partial charge in [-0.3, -0.25) is 0 Å². The zero-order valence-corrected chi connectivity index (χ0v) is 12.9. The zero-order valence-electron chi connectivity index (χ0n) is 11.3. The highest BCUT2D eigenvalue weighted by molar-refractivity contribution is 9.10. The SMILES string of the molecule is Cc1ccc(F)cc1C(C)Oc1cc(Br)cnc1[N+](=O)[O-]. The summed E-state index contributed by atoms with van der Waals surface area (Å²) in [5, 5.41) is 11.0. The molecule has 1 heterocycles.